The van der Waals surface area contributed by atoms with Crippen LogP contribution in [0.25, 0.3) is 11.0 Å². The van der Waals surface area contributed by atoms with E-state index in [1.165, 1.54) is 19.3 Å². The van der Waals surface area contributed by atoms with E-state index in [-0.39, 0.29) is 0 Å². The molecule has 0 saturated carbocycles. The van der Waals surface area contributed by atoms with Crippen LogP contribution < -0.4 is 4.90 Å². The first-order valence-corrected chi connectivity index (χ1v) is 6.74. The third-order valence-corrected chi connectivity index (χ3v) is 3.63. The van der Waals surface area contributed by atoms with Crippen LogP contribution in [0, 0.1) is 6.92 Å². The number of hydrogen-bond acceptors (Lipinski definition) is 4. The lowest BCUT2D eigenvalue weighted by atomic mass is 10.1. The average Bonchev–Trinajstić information content (AvgIpc) is 2.77. The normalized spacial score (nSPS) is 16.4. The van der Waals surface area contributed by atoms with Crippen molar-refractivity contribution < 1.29 is 0 Å². The number of aryl methyl sites for hydroxylation is 2. The van der Waals surface area contributed by atoms with Gasteiger partial charge in [0.05, 0.1) is 5.69 Å². The largest absolute Gasteiger partial charge is 0.355 e. The molecule has 3 heterocycles. The lowest BCUT2D eigenvalue weighted by Gasteiger charge is -2.28. The zero-order valence-electron chi connectivity index (χ0n) is 11.1. The zero-order chi connectivity index (χ0) is 12.5. The van der Waals surface area contributed by atoms with Crippen molar-refractivity contribution in [1.82, 2.24) is 19.7 Å². The maximum Gasteiger partial charge on any atom is 0.158 e. The Morgan fingerprint density at radius 3 is 2.67 bits per heavy atom. The number of hydrogen-bond donors (Lipinski definition) is 0. The number of fused-ring (bicyclic) bond motifs is 1. The molecule has 0 aliphatic carbocycles. The van der Waals surface area contributed by atoms with Gasteiger partial charge in [0.25, 0.3) is 0 Å². The Morgan fingerprint density at radius 1 is 1.17 bits per heavy atom. The molecule has 0 aromatic carbocycles. The summed E-state index contributed by atoms with van der Waals surface area (Å²) in [6.45, 7) is 7.18. The van der Waals surface area contributed by atoms with Crippen molar-refractivity contribution in [2.24, 2.45) is 0 Å². The predicted octanol–water partition coefficient (Wildman–Crippen LogP) is 2.14. The molecule has 5 nitrogen and oxygen atoms in total. The van der Waals surface area contributed by atoms with Gasteiger partial charge in [0, 0.05) is 19.6 Å². The summed E-state index contributed by atoms with van der Waals surface area (Å²) < 4.78 is 2.02. The Hall–Kier alpha value is -1.65. The Morgan fingerprint density at radius 2 is 1.94 bits per heavy atom. The summed E-state index contributed by atoms with van der Waals surface area (Å²) in [5.74, 6) is 1.06. The van der Waals surface area contributed by atoms with Gasteiger partial charge in [0.2, 0.25) is 0 Å². The summed E-state index contributed by atoms with van der Waals surface area (Å²) in [5, 5.41) is 4.55. The summed E-state index contributed by atoms with van der Waals surface area (Å²) in [5.41, 5.74) is 3.08. The third kappa shape index (κ3) is 1.74. The molecule has 1 aliphatic heterocycles. The summed E-state index contributed by atoms with van der Waals surface area (Å²) >= 11 is 0. The van der Waals surface area contributed by atoms with Gasteiger partial charge in [-0.25, -0.2) is 9.97 Å². The van der Waals surface area contributed by atoms with Crippen molar-refractivity contribution in [1.29, 1.82) is 0 Å². The molecule has 1 fully saturated rings. The smallest absolute Gasteiger partial charge is 0.158 e. The van der Waals surface area contributed by atoms with Crippen molar-refractivity contribution in [3.63, 3.8) is 0 Å². The second-order valence-electron chi connectivity index (χ2n) is 4.84. The van der Waals surface area contributed by atoms with Crippen LogP contribution in [0.4, 0.5) is 5.82 Å². The number of aromatic nitrogens is 4. The fraction of sp³-hybridized carbons (Fsp3) is 0.615. The first-order valence-electron chi connectivity index (χ1n) is 6.74. The highest BCUT2D eigenvalue weighted by Gasteiger charge is 2.19. The van der Waals surface area contributed by atoms with Gasteiger partial charge < -0.3 is 4.90 Å². The lowest BCUT2D eigenvalue weighted by molar-refractivity contribution is 0.572. The minimum Gasteiger partial charge on any atom is -0.355 e. The van der Waals surface area contributed by atoms with Gasteiger partial charge in [0.15, 0.2) is 5.82 Å². The highest BCUT2D eigenvalue weighted by molar-refractivity contribution is 5.87. The van der Waals surface area contributed by atoms with E-state index in [9.17, 15) is 0 Å². The van der Waals surface area contributed by atoms with Gasteiger partial charge in [-0.15, -0.1) is 0 Å². The molecular weight excluding hydrogens is 226 g/mol. The molecule has 1 saturated heterocycles. The van der Waals surface area contributed by atoms with E-state index >= 15 is 0 Å². The van der Waals surface area contributed by atoms with Gasteiger partial charge in [0.1, 0.15) is 17.4 Å². The highest BCUT2D eigenvalue weighted by atomic mass is 15.3. The van der Waals surface area contributed by atoms with Gasteiger partial charge in [-0.1, -0.05) is 0 Å². The molecule has 0 radical (unpaired) electrons. The Balaban J connectivity index is 2.15. The topological polar surface area (TPSA) is 46.8 Å². The molecule has 0 N–H and O–H groups in total. The molecule has 5 heteroatoms. The summed E-state index contributed by atoms with van der Waals surface area (Å²) in [6.07, 6.45) is 5.51. The van der Waals surface area contributed by atoms with E-state index in [2.05, 4.69) is 26.9 Å². The molecule has 3 rings (SSSR count). The molecule has 96 valence electrons. The number of piperidine rings is 1. The van der Waals surface area contributed by atoms with E-state index in [4.69, 9.17) is 0 Å². The molecule has 0 unspecified atom stereocenters. The predicted molar refractivity (Wildman–Crippen MR) is 71.8 cm³/mol. The van der Waals surface area contributed by atoms with E-state index in [1.807, 2.05) is 11.6 Å². The van der Waals surface area contributed by atoms with Gasteiger partial charge in [-0.2, -0.15) is 5.10 Å². The van der Waals surface area contributed by atoms with Crippen molar-refractivity contribution >= 4 is 16.9 Å². The quantitative estimate of drug-likeness (QED) is 0.813. The van der Waals surface area contributed by atoms with Crippen LogP contribution >= 0.6 is 0 Å². The first-order chi connectivity index (χ1) is 8.81. The van der Waals surface area contributed by atoms with Crippen molar-refractivity contribution in [3.8, 4) is 0 Å². The van der Waals surface area contributed by atoms with E-state index in [0.717, 1.165) is 42.2 Å². The van der Waals surface area contributed by atoms with Gasteiger partial charge in [-0.05, 0) is 33.1 Å². The summed E-state index contributed by atoms with van der Waals surface area (Å²) in [7, 11) is 0. The summed E-state index contributed by atoms with van der Waals surface area (Å²) in [4.78, 5) is 11.3. The third-order valence-electron chi connectivity index (χ3n) is 3.63. The minimum absolute atomic E-state index is 0.860. The Bertz CT molecular complexity index is 554. The Kier molecular flexibility index (Phi) is 2.89. The standard InChI is InChI=1S/C13H19N5/c1-3-18-12-11(10(2)16-18)14-9-15-13(12)17-7-5-4-6-8-17/h9H,3-8H2,1-2H3. The van der Waals surface area contributed by atoms with Crippen molar-refractivity contribution in [2.75, 3.05) is 18.0 Å². The number of rotatable bonds is 2. The monoisotopic (exact) mass is 245 g/mol. The van der Waals surface area contributed by atoms with Crippen molar-refractivity contribution in [2.45, 2.75) is 39.7 Å². The second kappa shape index (κ2) is 4.55. The number of anilines is 1. The SMILES string of the molecule is CCn1nc(C)c2ncnc(N3CCCCC3)c21. The van der Waals surface area contributed by atoms with E-state index in [1.54, 1.807) is 6.33 Å². The molecule has 0 amide bonds. The average molecular weight is 245 g/mol. The van der Waals surface area contributed by atoms with Crippen LogP contribution in [0.5, 0.6) is 0 Å². The minimum atomic E-state index is 0.860. The zero-order valence-corrected chi connectivity index (χ0v) is 11.1. The van der Waals surface area contributed by atoms with Gasteiger partial charge in [-0.3, -0.25) is 4.68 Å². The molecular formula is C13H19N5. The molecule has 1 aliphatic rings. The van der Waals surface area contributed by atoms with Crippen LogP contribution in [-0.2, 0) is 6.54 Å². The fourth-order valence-corrected chi connectivity index (χ4v) is 2.72. The van der Waals surface area contributed by atoms with Crippen LogP contribution in [0.3, 0.4) is 0 Å². The fourth-order valence-electron chi connectivity index (χ4n) is 2.72. The van der Waals surface area contributed by atoms with Crippen LogP contribution in [-0.4, -0.2) is 32.8 Å². The van der Waals surface area contributed by atoms with Crippen molar-refractivity contribution in [3.05, 3.63) is 12.0 Å². The molecule has 0 atom stereocenters. The highest BCUT2D eigenvalue weighted by Crippen LogP contribution is 2.27. The first kappa shape index (κ1) is 11.4. The molecule has 2 aromatic rings. The van der Waals surface area contributed by atoms with Crippen LogP contribution in [0.2, 0.25) is 0 Å². The summed E-state index contributed by atoms with van der Waals surface area (Å²) in [6, 6.07) is 0. The number of nitrogens with zero attached hydrogens (tertiary/aromatic N) is 5. The maximum absolute atomic E-state index is 4.55. The lowest BCUT2D eigenvalue weighted by Crippen LogP contribution is -2.30. The maximum atomic E-state index is 4.55. The molecule has 2 aromatic heterocycles. The molecule has 18 heavy (non-hydrogen) atoms. The molecule has 0 spiro atoms. The Labute approximate surface area is 107 Å². The van der Waals surface area contributed by atoms with Crippen LogP contribution in [0.1, 0.15) is 31.9 Å². The molecule has 0 bridgehead atoms. The second-order valence-corrected chi connectivity index (χ2v) is 4.84. The van der Waals surface area contributed by atoms with E-state index < -0.39 is 0 Å². The van der Waals surface area contributed by atoms with Gasteiger partial charge >= 0.3 is 0 Å². The van der Waals surface area contributed by atoms with Crippen LogP contribution in [0.15, 0.2) is 6.33 Å². The van der Waals surface area contributed by atoms with E-state index in [0.29, 0.717) is 0 Å².